The van der Waals surface area contributed by atoms with Crippen molar-refractivity contribution in [3.63, 3.8) is 0 Å². The van der Waals surface area contributed by atoms with Gasteiger partial charge in [0.05, 0.1) is 28.9 Å². The summed E-state index contributed by atoms with van der Waals surface area (Å²) in [5.41, 5.74) is 0.869. The van der Waals surface area contributed by atoms with Gasteiger partial charge in [0, 0.05) is 30.2 Å². The molecule has 0 aliphatic carbocycles. The minimum Gasteiger partial charge on any atom is -0.472 e. The number of carbonyl (C=O) groups excluding carboxylic acids is 1. The lowest BCUT2D eigenvalue weighted by Gasteiger charge is -2.32. The van der Waals surface area contributed by atoms with Crippen LogP contribution in [0.25, 0.3) is 11.3 Å². The van der Waals surface area contributed by atoms with Gasteiger partial charge in [-0.25, -0.2) is 0 Å². The number of benzene rings is 1. The smallest absolute Gasteiger partial charge is 0.281 e. The molecule has 2 aromatic heterocycles. The number of likely N-dealkylation sites (tertiary alicyclic amines) is 1. The van der Waals surface area contributed by atoms with Crippen LogP contribution in [-0.2, 0) is 6.54 Å². The number of hydrogen-bond acceptors (Lipinski definition) is 6. The van der Waals surface area contributed by atoms with Gasteiger partial charge in [0.1, 0.15) is 17.8 Å². The number of furan rings is 2. The van der Waals surface area contributed by atoms with Crippen molar-refractivity contribution >= 4 is 23.2 Å². The molecule has 156 valence electrons. The van der Waals surface area contributed by atoms with Crippen molar-refractivity contribution < 1.29 is 18.6 Å². The van der Waals surface area contributed by atoms with E-state index in [1.54, 1.807) is 30.3 Å². The van der Waals surface area contributed by atoms with Gasteiger partial charge in [0.15, 0.2) is 0 Å². The van der Waals surface area contributed by atoms with Gasteiger partial charge < -0.3 is 19.1 Å². The number of hydrogen-bond donors (Lipinski definition) is 1. The zero-order chi connectivity index (χ0) is 21.1. The maximum atomic E-state index is 12.4. The fraction of sp³-hybridized carbons (Fsp3) is 0.286. The Labute approximate surface area is 177 Å². The summed E-state index contributed by atoms with van der Waals surface area (Å²) in [7, 11) is 0. The first-order valence-corrected chi connectivity index (χ1v) is 9.97. The number of nitrogens with zero attached hydrogens (tertiary/aromatic N) is 2. The monoisotopic (exact) mass is 429 g/mol. The third-order valence-electron chi connectivity index (χ3n) is 5.20. The predicted molar refractivity (Wildman–Crippen MR) is 110 cm³/mol. The number of piperidine rings is 1. The molecule has 1 N–H and O–H groups in total. The van der Waals surface area contributed by atoms with E-state index in [2.05, 4.69) is 5.32 Å². The van der Waals surface area contributed by atoms with Crippen LogP contribution in [0.5, 0.6) is 0 Å². The van der Waals surface area contributed by atoms with E-state index in [1.165, 1.54) is 18.6 Å². The molecule has 0 atom stereocenters. The lowest BCUT2D eigenvalue weighted by molar-refractivity contribution is -0.384. The largest absolute Gasteiger partial charge is 0.472 e. The van der Waals surface area contributed by atoms with Crippen LogP contribution >= 0.6 is 11.6 Å². The molecule has 8 nitrogen and oxygen atoms in total. The summed E-state index contributed by atoms with van der Waals surface area (Å²) < 4.78 is 10.8. The molecular formula is C21H20ClN3O5. The summed E-state index contributed by atoms with van der Waals surface area (Å²) in [5, 5.41) is 15.0. The molecule has 30 heavy (non-hydrogen) atoms. The predicted octanol–water partition coefficient (Wildman–Crippen LogP) is 4.50. The summed E-state index contributed by atoms with van der Waals surface area (Å²) >= 11 is 5.87. The molecule has 3 heterocycles. The topological polar surface area (TPSA) is 102 Å². The third-order valence-corrected chi connectivity index (χ3v) is 5.43. The molecule has 1 aliphatic rings. The fourth-order valence-corrected chi connectivity index (χ4v) is 3.75. The van der Waals surface area contributed by atoms with Crippen molar-refractivity contribution in [2.75, 3.05) is 13.1 Å². The van der Waals surface area contributed by atoms with Crippen LogP contribution in [-0.4, -0.2) is 34.9 Å². The molecule has 1 aromatic carbocycles. The van der Waals surface area contributed by atoms with Crippen LogP contribution in [0, 0.1) is 10.1 Å². The molecule has 0 unspecified atom stereocenters. The molecule has 0 spiro atoms. The van der Waals surface area contributed by atoms with Crippen molar-refractivity contribution in [3.05, 3.63) is 75.4 Å². The second-order valence-corrected chi connectivity index (χ2v) is 7.58. The summed E-state index contributed by atoms with van der Waals surface area (Å²) in [4.78, 5) is 25.0. The van der Waals surface area contributed by atoms with Gasteiger partial charge in [0.25, 0.3) is 11.6 Å². The quantitative estimate of drug-likeness (QED) is 0.457. The maximum Gasteiger partial charge on any atom is 0.281 e. The van der Waals surface area contributed by atoms with Crippen molar-refractivity contribution in [2.24, 2.45) is 0 Å². The number of halogens is 1. The van der Waals surface area contributed by atoms with Crippen LogP contribution < -0.4 is 5.32 Å². The van der Waals surface area contributed by atoms with Crippen LogP contribution in [0.3, 0.4) is 0 Å². The summed E-state index contributed by atoms with van der Waals surface area (Å²) in [5.74, 6) is 1.10. The molecule has 0 bridgehead atoms. The van der Waals surface area contributed by atoms with Gasteiger partial charge in [0.2, 0.25) is 0 Å². The van der Waals surface area contributed by atoms with E-state index in [9.17, 15) is 14.9 Å². The SMILES string of the molecule is O=C(c1ccoc1)N1CCC(NCc2ccc(-c3ccc(Cl)cc3[N+](=O)[O-])o2)CC1. The lowest BCUT2D eigenvalue weighted by atomic mass is 10.0. The summed E-state index contributed by atoms with van der Waals surface area (Å²) in [6.07, 6.45) is 4.63. The number of nitrogens with one attached hydrogen (secondary N) is 1. The first-order chi connectivity index (χ1) is 14.5. The third kappa shape index (κ3) is 4.39. The number of nitro benzene ring substituents is 1. The summed E-state index contributed by atoms with van der Waals surface area (Å²) in [6.45, 7) is 1.84. The van der Waals surface area contributed by atoms with E-state index >= 15 is 0 Å². The highest BCUT2D eigenvalue weighted by Gasteiger charge is 2.24. The average Bonchev–Trinajstić information content (AvgIpc) is 3.44. The van der Waals surface area contributed by atoms with Crippen LogP contribution in [0.1, 0.15) is 29.0 Å². The Bertz CT molecular complexity index is 1040. The zero-order valence-electron chi connectivity index (χ0n) is 16.0. The van der Waals surface area contributed by atoms with Gasteiger partial charge in [-0.15, -0.1) is 0 Å². The molecule has 4 rings (SSSR count). The molecular weight excluding hydrogens is 410 g/mol. The van der Waals surface area contributed by atoms with Gasteiger partial charge in [-0.1, -0.05) is 11.6 Å². The van der Waals surface area contributed by atoms with Crippen LogP contribution in [0.2, 0.25) is 5.02 Å². The van der Waals surface area contributed by atoms with E-state index in [1.807, 2.05) is 4.90 Å². The first-order valence-electron chi connectivity index (χ1n) is 9.59. The van der Waals surface area contributed by atoms with Crippen molar-refractivity contribution in [1.29, 1.82) is 0 Å². The fourth-order valence-electron chi connectivity index (χ4n) is 3.58. The molecule has 3 aromatic rings. The molecule has 0 radical (unpaired) electrons. The number of amides is 1. The minimum absolute atomic E-state index is 0.0116. The Hall–Kier alpha value is -3.10. The standard InChI is InChI=1S/C21H20ClN3O5/c22-15-1-3-18(19(11-15)25(27)28)20-4-2-17(30-20)12-23-16-5-8-24(9-6-16)21(26)14-7-10-29-13-14/h1-4,7,10-11,13,16,23H,5-6,8-9,12H2. The Balaban J connectivity index is 1.33. The van der Waals surface area contributed by atoms with E-state index in [0.717, 1.165) is 12.8 Å². The number of rotatable bonds is 6. The maximum absolute atomic E-state index is 12.4. The molecule has 1 aliphatic heterocycles. The molecule has 1 fully saturated rings. The average molecular weight is 430 g/mol. The molecule has 1 amide bonds. The van der Waals surface area contributed by atoms with Crippen LogP contribution in [0.4, 0.5) is 5.69 Å². The zero-order valence-corrected chi connectivity index (χ0v) is 16.8. The van der Waals surface area contributed by atoms with E-state index in [4.69, 9.17) is 20.4 Å². The Morgan fingerprint density at radius 3 is 2.73 bits per heavy atom. The first kappa shape index (κ1) is 20.2. The van der Waals surface area contributed by atoms with Crippen molar-refractivity contribution in [2.45, 2.75) is 25.4 Å². The molecule has 1 saturated heterocycles. The molecule has 9 heteroatoms. The van der Waals surface area contributed by atoms with Gasteiger partial charge in [-0.05, 0) is 43.2 Å². The highest BCUT2D eigenvalue weighted by Crippen LogP contribution is 2.33. The summed E-state index contributed by atoms with van der Waals surface area (Å²) in [6, 6.07) is 9.96. The Morgan fingerprint density at radius 1 is 1.23 bits per heavy atom. The minimum atomic E-state index is -0.472. The van der Waals surface area contributed by atoms with E-state index in [0.29, 0.717) is 47.3 Å². The normalized spacial score (nSPS) is 14.8. The van der Waals surface area contributed by atoms with Gasteiger partial charge in [-0.3, -0.25) is 14.9 Å². The lowest BCUT2D eigenvalue weighted by Crippen LogP contribution is -2.44. The van der Waals surface area contributed by atoms with Crippen LogP contribution in [0.15, 0.2) is 57.8 Å². The molecule has 0 saturated carbocycles. The number of carbonyl (C=O) groups is 1. The highest BCUT2D eigenvalue weighted by molar-refractivity contribution is 6.30. The number of nitro groups is 1. The second-order valence-electron chi connectivity index (χ2n) is 7.14. The van der Waals surface area contributed by atoms with Gasteiger partial charge >= 0.3 is 0 Å². The van der Waals surface area contributed by atoms with E-state index < -0.39 is 4.92 Å². The van der Waals surface area contributed by atoms with Crippen molar-refractivity contribution in [3.8, 4) is 11.3 Å². The Kier molecular flexibility index (Phi) is 5.87. The van der Waals surface area contributed by atoms with Gasteiger partial charge in [-0.2, -0.15) is 0 Å². The van der Waals surface area contributed by atoms with Crippen molar-refractivity contribution in [1.82, 2.24) is 10.2 Å². The second kappa shape index (κ2) is 8.73. The Morgan fingerprint density at radius 2 is 2.03 bits per heavy atom. The van der Waals surface area contributed by atoms with E-state index in [-0.39, 0.29) is 17.6 Å². The highest BCUT2D eigenvalue weighted by atomic mass is 35.5.